The topological polar surface area (TPSA) is 60.1 Å². The largest absolute Gasteiger partial charge is 1.00 e. The van der Waals surface area contributed by atoms with Crippen molar-refractivity contribution < 1.29 is 31.8 Å². The van der Waals surface area contributed by atoms with Gasteiger partial charge in [0, 0.05) is 13.0 Å². The van der Waals surface area contributed by atoms with Gasteiger partial charge in [0.15, 0.2) is 0 Å². The zero-order chi connectivity index (χ0) is 7.40. The molecular formula is C6H11BrN2O2. The molecule has 1 rings (SSSR count). The van der Waals surface area contributed by atoms with E-state index in [0.29, 0.717) is 6.42 Å². The van der Waals surface area contributed by atoms with Crippen molar-refractivity contribution >= 4 is 0 Å². The molecule has 0 aromatic carbocycles. The smallest absolute Gasteiger partial charge is 0.243 e. The first-order chi connectivity index (χ1) is 4.84. The SMILES string of the molecule is OCCC(O)[n+]1cc[nH]c1.[Br-]. The van der Waals surface area contributed by atoms with Crippen molar-refractivity contribution in [2.24, 2.45) is 0 Å². The fourth-order valence-electron chi connectivity index (χ4n) is 0.751. The molecule has 11 heavy (non-hydrogen) atoms. The Kier molecular flexibility index (Phi) is 5.10. The number of rotatable bonds is 3. The number of aromatic amines is 1. The predicted molar refractivity (Wildman–Crippen MR) is 33.9 cm³/mol. The van der Waals surface area contributed by atoms with E-state index in [9.17, 15) is 5.11 Å². The first kappa shape index (κ1) is 10.6. The third-order valence-corrected chi connectivity index (χ3v) is 1.30. The summed E-state index contributed by atoms with van der Waals surface area (Å²) in [6.45, 7) is -0.000648. The molecule has 0 saturated heterocycles. The Hall–Kier alpha value is -0.390. The number of nitrogens with one attached hydrogen (secondary N) is 1. The molecule has 0 fully saturated rings. The lowest BCUT2D eigenvalue weighted by Crippen LogP contribution is -3.00. The minimum atomic E-state index is -0.615. The number of nitrogens with zero attached hydrogens (tertiary/aromatic N) is 1. The molecule has 1 aromatic heterocycles. The number of aliphatic hydroxyl groups excluding tert-OH is 2. The van der Waals surface area contributed by atoms with Crippen LogP contribution in [0.4, 0.5) is 0 Å². The lowest BCUT2D eigenvalue weighted by atomic mass is 10.4. The molecule has 0 spiro atoms. The van der Waals surface area contributed by atoms with Gasteiger partial charge in [-0.25, -0.2) is 4.57 Å². The predicted octanol–water partition coefficient (Wildman–Crippen LogP) is -3.82. The molecule has 1 unspecified atom stereocenters. The Balaban J connectivity index is 0.000001000. The fourth-order valence-corrected chi connectivity index (χ4v) is 0.751. The van der Waals surface area contributed by atoms with Gasteiger partial charge in [0.25, 0.3) is 0 Å². The van der Waals surface area contributed by atoms with Crippen LogP contribution in [-0.4, -0.2) is 21.8 Å². The molecule has 0 radical (unpaired) electrons. The Morgan fingerprint density at radius 2 is 2.27 bits per heavy atom. The van der Waals surface area contributed by atoms with Gasteiger partial charge in [-0.15, -0.1) is 0 Å². The molecule has 64 valence electrons. The van der Waals surface area contributed by atoms with Gasteiger partial charge in [0.2, 0.25) is 12.6 Å². The van der Waals surface area contributed by atoms with Crippen LogP contribution in [0.3, 0.4) is 0 Å². The lowest BCUT2D eigenvalue weighted by Gasteiger charge is -2.02. The van der Waals surface area contributed by atoms with Crippen LogP contribution >= 0.6 is 0 Å². The van der Waals surface area contributed by atoms with E-state index in [1.807, 2.05) is 0 Å². The summed E-state index contributed by atoms with van der Waals surface area (Å²) < 4.78 is 1.59. The number of aliphatic hydroxyl groups is 2. The number of hydrogen-bond donors (Lipinski definition) is 3. The molecule has 0 aliphatic heterocycles. The normalized spacial score (nSPS) is 12.2. The van der Waals surface area contributed by atoms with Crippen LogP contribution in [0.1, 0.15) is 12.6 Å². The number of halogens is 1. The quantitative estimate of drug-likeness (QED) is 0.460. The Bertz CT molecular complexity index is 179. The highest BCUT2D eigenvalue weighted by atomic mass is 79.9. The number of hydrogen-bond acceptors (Lipinski definition) is 2. The highest BCUT2D eigenvalue weighted by molar-refractivity contribution is 4.56. The van der Waals surface area contributed by atoms with Crippen LogP contribution in [0, 0.1) is 0 Å². The summed E-state index contributed by atoms with van der Waals surface area (Å²) >= 11 is 0. The lowest BCUT2D eigenvalue weighted by molar-refractivity contribution is -0.759. The van der Waals surface area contributed by atoms with Gasteiger partial charge >= 0.3 is 0 Å². The number of aromatic nitrogens is 2. The van der Waals surface area contributed by atoms with Crippen molar-refractivity contribution in [2.75, 3.05) is 6.61 Å². The standard InChI is InChI=1S/C6H10N2O2.BrH/c9-4-1-6(10)8-3-2-7-5-8;/h2-3,5-6,9-10H,1,4H2;1H. The van der Waals surface area contributed by atoms with Gasteiger partial charge in [-0.1, -0.05) is 0 Å². The fraction of sp³-hybridized carbons (Fsp3) is 0.500. The van der Waals surface area contributed by atoms with E-state index in [4.69, 9.17) is 5.11 Å². The second-order valence-corrected chi connectivity index (χ2v) is 2.05. The molecule has 0 saturated carbocycles. The number of H-pyrrole nitrogens is 1. The monoisotopic (exact) mass is 222 g/mol. The molecule has 0 amide bonds. The average Bonchev–Trinajstić information content (AvgIpc) is 2.38. The van der Waals surface area contributed by atoms with Crippen LogP contribution in [0.15, 0.2) is 18.7 Å². The molecule has 1 atom stereocenters. The molecule has 5 heteroatoms. The zero-order valence-electron chi connectivity index (χ0n) is 5.94. The van der Waals surface area contributed by atoms with E-state index >= 15 is 0 Å². The summed E-state index contributed by atoms with van der Waals surface area (Å²) in [5.41, 5.74) is 0. The minimum absolute atomic E-state index is 0. The summed E-state index contributed by atoms with van der Waals surface area (Å²) in [6.07, 6.45) is 4.81. The van der Waals surface area contributed by atoms with Gasteiger partial charge in [0.05, 0.1) is 0 Å². The van der Waals surface area contributed by atoms with Gasteiger partial charge in [-0.05, 0) is 0 Å². The second-order valence-electron chi connectivity index (χ2n) is 2.05. The Morgan fingerprint density at radius 3 is 2.73 bits per heavy atom. The highest BCUT2D eigenvalue weighted by Gasteiger charge is 2.08. The van der Waals surface area contributed by atoms with Gasteiger partial charge < -0.3 is 27.2 Å². The molecule has 3 N–H and O–H groups in total. The van der Waals surface area contributed by atoms with Crippen LogP contribution in [0.2, 0.25) is 0 Å². The van der Waals surface area contributed by atoms with Crippen LogP contribution in [0.5, 0.6) is 0 Å². The van der Waals surface area contributed by atoms with E-state index in [1.54, 1.807) is 23.3 Å². The maximum Gasteiger partial charge on any atom is 0.243 e. The highest BCUT2D eigenvalue weighted by Crippen LogP contribution is 1.93. The van der Waals surface area contributed by atoms with Crippen molar-refractivity contribution in [2.45, 2.75) is 12.6 Å². The molecule has 0 aliphatic carbocycles. The summed E-state index contributed by atoms with van der Waals surface area (Å²) in [7, 11) is 0. The van der Waals surface area contributed by atoms with Crippen molar-refractivity contribution in [3.8, 4) is 0 Å². The Labute approximate surface area is 75.3 Å². The van der Waals surface area contributed by atoms with Crippen molar-refractivity contribution in [1.82, 2.24) is 4.98 Å². The maximum absolute atomic E-state index is 9.19. The summed E-state index contributed by atoms with van der Waals surface area (Å²) in [4.78, 5) is 2.79. The van der Waals surface area contributed by atoms with Gasteiger partial charge in [0.1, 0.15) is 12.4 Å². The Morgan fingerprint density at radius 1 is 1.55 bits per heavy atom. The molecule has 0 bridgehead atoms. The van der Waals surface area contributed by atoms with Crippen molar-refractivity contribution in [1.29, 1.82) is 0 Å². The van der Waals surface area contributed by atoms with E-state index in [0.717, 1.165) is 0 Å². The van der Waals surface area contributed by atoms with Gasteiger partial charge in [-0.3, -0.25) is 4.98 Å². The first-order valence-corrected chi connectivity index (χ1v) is 3.17. The summed E-state index contributed by atoms with van der Waals surface area (Å²) in [6, 6.07) is 0. The van der Waals surface area contributed by atoms with E-state index in [-0.39, 0.29) is 23.6 Å². The maximum atomic E-state index is 9.19. The first-order valence-electron chi connectivity index (χ1n) is 3.17. The third kappa shape index (κ3) is 3.00. The number of imidazole rings is 1. The van der Waals surface area contributed by atoms with Crippen molar-refractivity contribution in [3.05, 3.63) is 18.7 Å². The van der Waals surface area contributed by atoms with E-state index in [2.05, 4.69) is 4.98 Å². The van der Waals surface area contributed by atoms with Crippen LogP contribution < -0.4 is 21.5 Å². The third-order valence-electron chi connectivity index (χ3n) is 1.30. The van der Waals surface area contributed by atoms with E-state index in [1.165, 1.54) is 0 Å². The minimum Gasteiger partial charge on any atom is -1.00 e. The summed E-state index contributed by atoms with van der Waals surface area (Å²) in [5, 5.41) is 17.6. The molecule has 0 aliphatic rings. The molecule has 1 aromatic rings. The average molecular weight is 223 g/mol. The van der Waals surface area contributed by atoms with E-state index < -0.39 is 6.23 Å². The zero-order valence-corrected chi connectivity index (χ0v) is 7.53. The summed E-state index contributed by atoms with van der Waals surface area (Å²) in [5.74, 6) is 0. The van der Waals surface area contributed by atoms with Crippen LogP contribution in [-0.2, 0) is 0 Å². The van der Waals surface area contributed by atoms with Gasteiger partial charge in [-0.2, -0.15) is 0 Å². The van der Waals surface area contributed by atoms with Crippen molar-refractivity contribution in [3.63, 3.8) is 0 Å². The molecule has 1 heterocycles. The second kappa shape index (κ2) is 5.29. The molecular weight excluding hydrogens is 212 g/mol. The van der Waals surface area contributed by atoms with Crippen LogP contribution in [0.25, 0.3) is 0 Å². The molecule has 4 nitrogen and oxygen atoms in total.